The number of rotatable bonds is 4. The lowest BCUT2D eigenvalue weighted by Gasteiger charge is -2.37. The Morgan fingerprint density at radius 3 is 2.58 bits per heavy atom. The van der Waals surface area contributed by atoms with Gasteiger partial charge in [0.1, 0.15) is 5.41 Å². The Balaban J connectivity index is 1.73. The highest BCUT2D eigenvalue weighted by atomic mass is 32.1. The minimum absolute atomic E-state index is 0.122. The van der Waals surface area contributed by atoms with Crippen molar-refractivity contribution in [3.63, 3.8) is 0 Å². The van der Waals surface area contributed by atoms with Crippen molar-refractivity contribution in [1.82, 2.24) is 10.3 Å². The highest BCUT2D eigenvalue weighted by Gasteiger charge is 2.46. The maximum atomic E-state index is 12.3. The average molecular weight is 280 g/mol. The summed E-state index contributed by atoms with van der Waals surface area (Å²) in [4.78, 5) is 16.6. The van der Waals surface area contributed by atoms with Crippen LogP contribution in [0.5, 0.6) is 0 Å². The van der Waals surface area contributed by atoms with Gasteiger partial charge in [0.15, 0.2) is 0 Å². The summed E-state index contributed by atoms with van der Waals surface area (Å²) in [6.45, 7) is 0. The third-order valence-electron chi connectivity index (χ3n) is 4.39. The molecule has 2 aliphatic rings. The van der Waals surface area contributed by atoms with Gasteiger partial charge in [-0.25, -0.2) is 4.98 Å². The van der Waals surface area contributed by atoms with Crippen molar-refractivity contribution in [2.75, 3.05) is 7.11 Å². The van der Waals surface area contributed by atoms with Gasteiger partial charge in [0.2, 0.25) is 0 Å². The summed E-state index contributed by atoms with van der Waals surface area (Å²) in [5.41, 5.74) is 2.19. The standard InChI is InChI=1S/C14H20N2O2S/c1-18-13(17)14(12-8-19-9-15-12)6-4-11(5-7-14)16-10-2-3-10/h8-11,16H,2-7H2,1H3. The number of carbonyl (C=O) groups excluding carboxylic acids is 1. The fourth-order valence-electron chi connectivity index (χ4n) is 3.07. The van der Waals surface area contributed by atoms with E-state index < -0.39 is 5.41 Å². The zero-order valence-electron chi connectivity index (χ0n) is 11.2. The van der Waals surface area contributed by atoms with Crippen LogP contribution >= 0.6 is 11.3 Å². The molecule has 2 aliphatic carbocycles. The van der Waals surface area contributed by atoms with Crippen molar-refractivity contribution in [3.8, 4) is 0 Å². The molecule has 1 aromatic rings. The summed E-state index contributed by atoms with van der Waals surface area (Å²) in [7, 11) is 1.48. The molecule has 0 atom stereocenters. The Hall–Kier alpha value is -0.940. The molecule has 5 heteroatoms. The van der Waals surface area contributed by atoms with Gasteiger partial charge in [-0.2, -0.15) is 0 Å². The molecule has 0 spiro atoms. The summed E-state index contributed by atoms with van der Waals surface area (Å²) in [6.07, 6.45) is 6.36. The number of nitrogens with one attached hydrogen (secondary N) is 1. The van der Waals surface area contributed by atoms with Crippen LogP contribution in [-0.4, -0.2) is 30.1 Å². The molecular weight excluding hydrogens is 260 g/mol. The van der Waals surface area contributed by atoms with Crippen molar-refractivity contribution in [2.45, 2.75) is 56.0 Å². The minimum Gasteiger partial charge on any atom is -0.468 e. The van der Waals surface area contributed by atoms with Gasteiger partial charge >= 0.3 is 5.97 Å². The van der Waals surface area contributed by atoms with E-state index in [9.17, 15) is 4.79 Å². The number of methoxy groups -OCH3 is 1. The molecule has 4 nitrogen and oxygen atoms in total. The highest BCUT2D eigenvalue weighted by Crippen LogP contribution is 2.41. The second-order valence-corrected chi connectivity index (χ2v) is 6.38. The Bertz CT molecular complexity index is 434. The second-order valence-electron chi connectivity index (χ2n) is 5.66. The Morgan fingerprint density at radius 1 is 1.37 bits per heavy atom. The highest BCUT2D eigenvalue weighted by molar-refractivity contribution is 7.07. The molecule has 0 bridgehead atoms. The molecule has 0 amide bonds. The summed E-state index contributed by atoms with van der Waals surface area (Å²) >= 11 is 1.55. The van der Waals surface area contributed by atoms with Gasteiger partial charge < -0.3 is 10.1 Å². The average Bonchev–Trinajstić information content (AvgIpc) is 3.08. The van der Waals surface area contributed by atoms with Gasteiger partial charge in [0.25, 0.3) is 0 Å². The van der Waals surface area contributed by atoms with Crippen LogP contribution in [0.1, 0.15) is 44.2 Å². The Morgan fingerprint density at radius 2 is 2.05 bits per heavy atom. The van der Waals surface area contributed by atoms with Gasteiger partial charge in [0, 0.05) is 17.5 Å². The fourth-order valence-corrected chi connectivity index (χ4v) is 3.72. The van der Waals surface area contributed by atoms with Crippen LogP contribution in [0, 0.1) is 0 Å². The molecule has 0 radical (unpaired) electrons. The maximum Gasteiger partial charge on any atom is 0.317 e. The lowest BCUT2D eigenvalue weighted by molar-refractivity contribution is -0.149. The first-order valence-electron chi connectivity index (χ1n) is 6.98. The molecule has 2 fully saturated rings. The van der Waals surface area contributed by atoms with Crippen LogP contribution in [0.3, 0.4) is 0 Å². The smallest absolute Gasteiger partial charge is 0.317 e. The lowest BCUT2D eigenvalue weighted by atomic mass is 9.70. The number of carbonyl (C=O) groups is 1. The van der Waals surface area contributed by atoms with E-state index in [0.717, 1.165) is 37.4 Å². The number of hydrogen-bond acceptors (Lipinski definition) is 5. The van der Waals surface area contributed by atoms with Crippen molar-refractivity contribution < 1.29 is 9.53 Å². The first kappa shape index (κ1) is 13.1. The first-order valence-corrected chi connectivity index (χ1v) is 7.92. The topological polar surface area (TPSA) is 51.2 Å². The van der Waals surface area contributed by atoms with Crippen LogP contribution in [0.4, 0.5) is 0 Å². The van der Waals surface area contributed by atoms with Gasteiger partial charge in [-0.3, -0.25) is 4.79 Å². The van der Waals surface area contributed by atoms with Crippen LogP contribution in [0.2, 0.25) is 0 Å². The second kappa shape index (κ2) is 5.21. The van der Waals surface area contributed by atoms with Gasteiger partial charge in [-0.15, -0.1) is 11.3 Å². The molecule has 19 heavy (non-hydrogen) atoms. The molecule has 1 N–H and O–H groups in total. The van der Waals surface area contributed by atoms with Crippen molar-refractivity contribution in [2.24, 2.45) is 0 Å². The number of hydrogen-bond donors (Lipinski definition) is 1. The molecule has 104 valence electrons. The van der Waals surface area contributed by atoms with E-state index in [1.165, 1.54) is 20.0 Å². The fraction of sp³-hybridized carbons (Fsp3) is 0.714. The molecule has 1 aromatic heterocycles. The Labute approximate surface area is 117 Å². The number of aromatic nitrogens is 1. The van der Waals surface area contributed by atoms with E-state index in [2.05, 4.69) is 10.3 Å². The number of nitrogens with zero attached hydrogens (tertiary/aromatic N) is 1. The zero-order chi connectivity index (χ0) is 13.3. The molecule has 3 rings (SSSR count). The van der Waals surface area contributed by atoms with E-state index in [1.54, 1.807) is 16.8 Å². The van der Waals surface area contributed by atoms with Gasteiger partial charge in [0.05, 0.1) is 18.3 Å². The molecular formula is C14H20N2O2S. The third kappa shape index (κ3) is 2.54. The molecule has 1 heterocycles. The number of thiazole rings is 1. The summed E-state index contributed by atoms with van der Waals surface area (Å²) in [6, 6.07) is 1.29. The molecule has 2 saturated carbocycles. The van der Waals surface area contributed by atoms with Gasteiger partial charge in [-0.1, -0.05) is 0 Å². The summed E-state index contributed by atoms with van der Waals surface area (Å²) in [5, 5.41) is 5.65. The molecule has 0 unspecified atom stereocenters. The van der Waals surface area contributed by atoms with Gasteiger partial charge in [-0.05, 0) is 38.5 Å². The predicted octanol–water partition coefficient (Wildman–Crippen LogP) is 2.25. The minimum atomic E-state index is -0.503. The van der Waals surface area contributed by atoms with Crippen molar-refractivity contribution in [1.29, 1.82) is 0 Å². The van der Waals surface area contributed by atoms with E-state index in [-0.39, 0.29) is 5.97 Å². The quantitative estimate of drug-likeness (QED) is 0.860. The lowest BCUT2D eigenvalue weighted by Crippen LogP contribution is -2.45. The summed E-state index contributed by atoms with van der Waals surface area (Å²) in [5.74, 6) is -0.122. The molecule has 0 aliphatic heterocycles. The summed E-state index contributed by atoms with van der Waals surface area (Å²) < 4.78 is 5.05. The third-order valence-corrected chi connectivity index (χ3v) is 4.97. The molecule has 0 saturated heterocycles. The van der Waals surface area contributed by atoms with Crippen LogP contribution < -0.4 is 5.32 Å². The maximum absolute atomic E-state index is 12.3. The number of esters is 1. The van der Waals surface area contributed by atoms with Crippen LogP contribution in [0.15, 0.2) is 10.9 Å². The zero-order valence-corrected chi connectivity index (χ0v) is 12.0. The van der Waals surface area contributed by atoms with Crippen LogP contribution in [-0.2, 0) is 14.9 Å². The largest absolute Gasteiger partial charge is 0.468 e. The van der Waals surface area contributed by atoms with Crippen molar-refractivity contribution in [3.05, 3.63) is 16.6 Å². The van der Waals surface area contributed by atoms with Crippen LogP contribution in [0.25, 0.3) is 0 Å². The van der Waals surface area contributed by atoms with Crippen molar-refractivity contribution >= 4 is 17.3 Å². The van der Waals surface area contributed by atoms with E-state index >= 15 is 0 Å². The molecule has 0 aromatic carbocycles. The van der Waals surface area contributed by atoms with E-state index in [4.69, 9.17) is 4.74 Å². The monoisotopic (exact) mass is 280 g/mol. The number of ether oxygens (including phenoxy) is 1. The first-order chi connectivity index (χ1) is 9.24. The Kier molecular flexibility index (Phi) is 3.58. The van der Waals surface area contributed by atoms with E-state index in [1.807, 2.05) is 5.38 Å². The predicted molar refractivity (Wildman–Crippen MR) is 74.2 cm³/mol. The normalized spacial score (nSPS) is 31.1. The van der Waals surface area contributed by atoms with E-state index in [0.29, 0.717) is 6.04 Å². The SMILES string of the molecule is COC(=O)C1(c2cscn2)CCC(NC2CC2)CC1.